The number of ether oxygens (including phenoxy) is 1. The number of carbonyl (C=O) groups excluding carboxylic acids is 3. The lowest BCUT2D eigenvalue weighted by Gasteiger charge is -2.41. The molecule has 1 aromatic heterocycles. The third-order valence-corrected chi connectivity index (χ3v) is 7.27. The van der Waals surface area contributed by atoms with Gasteiger partial charge in [-0.1, -0.05) is 31.4 Å². The highest BCUT2D eigenvalue weighted by molar-refractivity contribution is 5.88. The topological polar surface area (TPSA) is 109 Å². The zero-order valence-corrected chi connectivity index (χ0v) is 23.7. The van der Waals surface area contributed by atoms with Crippen LogP contribution in [0.2, 0.25) is 0 Å². The average Bonchev–Trinajstić information content (AvgIpc) is 3.35. The van der Waals surface area contributed by atoms with Gasteiger partial charge < -0.3 is 29.7 Å². The summed E-state index contributed by atoms with van der Waals surface area (Å²) in [5.41, 5.74) is 1.19. The molecule has 218 valence electrons. The molecule has 40 heavy (non-hydrogen) atoms. The van der Waals surface area contributed by atoms with Gasteiger partial charge in [-0.3, -0.25) is 4.79 Å². The summed E-state index contributed by atoms with van der Waals surface area (Å²) in [5.74, 6) is -0.608. The van der Waals surface area contributed by atoms with Gasteiger partial charge in [-0.15, -0.1) is 0 Å². The monoisotopic (exact) mass is 556 g/mol. The van der Waals surface area contributed by atoms with Crippen LogP contribution in [0, 0.1) is 5.82 Å². The van der Waals surface area contributed by atoms with Crippen molar-refractivity contribution in [3.8, 4) is 0 Å². The molecule has 1 aliphatic heterocycles. The lowest BCUT2D eigenvalue weighted by molar-refractivity contribution is -0.127. The minimum absolute atomic E-state index is 0.0569. The van der Waals surface area contributed by atoms with E-state index in [9.17, 15) is 18.8 Å². The molecule has 1 aliphatic carbocycles. The second-order valence-electron chi connectivity index (χ2n) is 11.6. The molecular weight excluding hydrogens is 515 g/mol. The van der Waals surface area contributed by atoms with E-state index in [-0.39, 0.29) is 36.9 Å². The first-order valence-electron chi connectivity index (χ1n) is 14.2. The van der Waals surface area contributed by atoms with Crippen LogP contribution in [0.25, 0.3) is 0 Å². The van der Waals surface area contributed by atoms with Gasteiger partial charge in [0.15, 0.2) is 0 Å². The van der Waals surface area contributed by atoms with Gasteiger partial charge in [0.1, 0.15) is 17.5 Å². The number of halogens is 1. The summed E-state index contributed by atoms with van der Waals surface area (Å²) in [6, 6.07) is 5.30. The molecule has 2 aromatic rings. The quantitative estimate of drug-likeness (QED) is 0.541. The molecule has 2 fully saturated rings. The fraction of sp³-hybridized carbons (Fsp3) is 0.586. The second-order valence-corrected chi connectivity index (χ2v) is 11.6. The summed E-state index contributed by atoms with van der Waals surface area (Å²) in [4.78, 5) is 46.7. The third-order valence-electron chi connectivity index (χ3n) is 7.27. The number of piperazine rings is 1. The molecule has 4 rings (SSSR count). The largest absolute Gasteiger partial charge is 0.444 e. The number of benzene rings is 1. The molecule has 10 nitrogen and oxygen atoms in total. The number of nitrogens with zero attached hydrogens (tertiary/aromatic N) is 4. The summed E-state index contributed by atoms with van der Waals surface area (Å²) in [6.07, 6.45) is 8.68. The second kappa shape index (κ2) is 13.1. The zero-order valence-electron chi connectivity index (χ0n) is 23.7. The van der Waals surface area contributed by atoms with E-state index < -0.39 is 17.7 Å². The van der Waals surface area contributed by atoms with Crippen LogP contribution < -0.4 is 10.6 Å². The van der Waals surface area contributed by atoms with E-state index in [1.165, 1.54) is 23.5 Å². The van der Waals surface area contributed by atoms with Crippen LogP contribution >= 0.6 is 0 Å². The summed E-state index contributed by atoms with van der Waals surface area (Å²) in [7, 11) is 0. The van der Waals surface area contributed by atoms with E-state index in [4.69, 9.17) is 4.74 Å². The molecule has 0 unspecified atom stereocenters. The van der Waals surface area contributed by atoms with Crippen molar-refractivity contribution in [2.75, 3.05) is 26.2 Å². The number of rotatable bonds is 7. The van der Waals surface area contributed by atoms with Crippen LogP contribution in [0.3, 0.4) is 0 Å². The minimum atomic E-state index is -0.839. The van der Waals surface area contributed by atoms with Crippen LogP contribution in [-0.4, -0.2) is 81.2 Å². The highest BCUT2D eigenvalue weighted by Crippen LogP contribution is 2.20. The Hall–Kier alpha value is -3.63. The van der Waals surface area contributed by atoms with Crippen molar-refractivity contribution in [1.82, 2.24) is 30.0 Å². The van der Waals surface area contributed by atoms with Crippen LogP contribution in [0.15, 0.2) is 36.8 Å². The van der Waals surface area contributed by atoms with Gasteiger partial charge in [-0.05, 0) is 51.3 Å². The zero-order chi connectivity index (χ0) is 28.7. The highest BCUT2D eigenvalue weighted by atomic mass is 19.1. The smallest absolute Gasteiger partial charge is 0.410 e. The normalized spacial score (nSPS) is 18.4. The van der Waals surface area contributed by atoms with Crippen molar-refractivity contribution >= 4 is 18.0 Å². The molecule has 1 saturated carbocycles. The van der Waals surface area contributed by atoms with Crippen LogP contribution in [-0.2, 0) is 22.5 Å². The van der Waals surface area contributed by atoms with E-state index in [0.717, 1.165) is 36.9 Å². The van der Waals surface area contributed by atoms with E-state index in [2.05, 4.69) is 15.6 Å². The summed E-state index contributed by atoms with van der Waals surface area (Å²) < 4.78 is 20.7. The van der Waals surface area contributed by atoms with E-state index in [0.29, 0.717) is 26.1 Å². The summed E-state index contributed by atoms with van der Waals surface area (Å²) >= 11 is 0. The Morgan fingerprint density at radius 3 is 2.50 bits per heavy atom. The van der Waals surface area contributed by atoms with Crippen molar-refractivity contribution < 1.29 is 23.5 Å². The van der Waals surface area contributed by atoms with Gasteiger partial charge >= 0.3 is 12.1 Å². The first-order chi connectivity index (χ1) is 19.1. The van der Waals surface area contributed by atoms with Gasteiger partial charge in [-0.25, -0.2) is 19.0 Å². The third kappa shape index (κ3) is 8.19. The SMILES string of the molecule is CC(C)(C)OC(=O)N1CCN(C(=O)NC2CCCCC2)[C@@H](C(=O)NCCc2cncn2Cc2ccc(F)cc2)C1. The van der Waals surface area contributed by atoms with Crippen LogP contribution in [0.4, 0.5) is 14.0 Å². The van der Waals surface area contributed by atoms with E-state index in [1.807, 2.05) is 4.57 Å². The molecular formula is C29H41FN6O4. The number of hydrogen-bond donors (Lipinski definition) is 2. The van der Waals surface area contributed by atoms with Crippen molar-refractivity contribution in [2.24, 2.45) is 0 Å². The number of carbonyl (C=O) groups is 3. The number of nitrogens with one attached hydrogen (secondary N) is 2. The van der Waals surface area contributed by atoms with Crippen LogP contribution in [0.1, 0.15) is 64.1 Å². The predicted octanol–water partition coefficient (Wildman–Crippen LogP) is 3.69. The molecule has 0 spiro atoms. The Labute approximate surface area is 235 Å². The van der Waals surface area contributed by atoms with Gasteiger partial charge in [0.2, 0.25) is 5.91 Å². The molecule has 11 heteroatoms. The Bertz CT molecular complexity index is 1160. The number of hydrogen-bond acceptors (Lipinski definition) is 5. The highest BCUT2D eigenvalue weighted by Gasteiger charge is 2.38. The van der Waals surface area contributed by atoms with Crippen LogP contribution in [0.5, 0.6) is 0 Å². The number of aromatic nitrogens is 2. The standard InChI is InChI=1S/C29H41FN6O4/c1-29(2,3)40-28(39)34-15-16-36(27(38)33-23-7-5-4-6-8-23)25(19-34)26(37)32-14-13-24-17-31-20-35(24)18-21-9-11-22(30)12-10-21/h9-12,17,20,23,25H,4-8,13-16,18-19H2,1-3H3,(H,32,37)(H,33,38)/t25-/m1/s1. The predicted molar refractivity (Wildman–Crippen MR) is 148 cm³/mol. The molecule has 4 amide bonds. The van der Waals surface area contributed by atoms with Crippen molar-refractivity contribution in [3.05, 3.63) is 53.9 Å². The first-order valence-corrected chi connectivity index (χ1v) is 14.2. The summed E-state index contributed by atoms with van der Waals surface area (Å²) in [5, 5.41) is 6.06. The summed E-state index contributed by atoms with van der Waals surface area (Å²) in [6.45, 7) is 6.83. The molecule has 1 aromatic carbocycles. The van der Waals surface area contributed by atoms with E-state index >= 15 is 0 Å². The molecule has 0 bridgehead atoms. The molecule has 0 radical (unpaired) electrons. The maximum Gasteiger partial charge on any atom is 0.410 e. The average molecular weight is 557 g/mol. The number of imidazole rings is 1. The number of amides is 4. The van der Waals surface area contributed by atoms with Gasteiger partial charge in [0, 0.05) is 50.5 Å². The molecule has 1 saturated heterocycles. The number of urea groups is 1. The molecule has 2 aliphatic rings. The molecule has 1 atom stereocenters. The maximum absolute atomic E-state index is 13.4. The van der Waals surface area contributed by atoms with Crippen molar-refractivity contribution in [1.29, 1.82) is 0 Å². The fourth-order valence-corrected chi connectivity index (χ4v) is 5.16. The minimum Gasteiger partial charge on any atom is -0.444 e. The molecule has 2 heterocycles. The van der Waals surface area contributed by atoms with Crippen molar-refractivity contribution in [2.45, 2.75) is 83.5 Å². The Morgan fingerprint density at radius 1 is 1.07 bits per heavy atom. The van der Waals surface area contributed by atoms with E-state index in [1.54, 1.807) is 50.3 Å². The Kier molecular flexibility index (Phi) is 9.65. The van der Waals surface area contributed by atoms with Gasteiger partial charge in [0.05, 0.1) is 12.9 Å². The lowest BCUT2D eigenvalue weighted by atomic mass is 9.95. The molecule has 2 N–H and O–H groups in total. The van der Waals surface area contributed by atoms with Gasteiger partial charge in [0.25, 0.3) is 0 Å². The first kappa shape index (κ1) is 29.4. The van der Waals surface area contributed by atoms with Gasteiger partial charge in [-0.2, -0.15) is 0 Å². The Balaban J connectivity index is 1.38. The fourth-order valence-electron chi connectivity index (χ4n) is 5.16. The Morgan fingerprint density at radius 2 is 1.80 bits per heavy atom. The maximum atomic E-state index is 13.4. The van der Waals surface area contributed by atoms with Crippen molar-refractivity contribution in [3.63, 3.8) is 0 Å². The lowest BCUT2D eigenvalue weighted by Crippen LogP contribution is -2.64.